The minimum atomic E-state index is -1.38. The molecule has 22 heavy (non-hydrogen) atoms. The lowest BCUT2D eigenvalue weighted by atomic mass is 10.2. The van der Waals surface area contributed by atoms with Gasteiger partial charge in [0.05, 0.1) is 5.69 Å². The number of nitrogens with zero attached hydrogens (tertiary/aromatic N) is 3. The third-order valence-corrected chi connectivity index (χ3v) is 3.53. The Morgan fingerprint density at radius 3 is 2.73 bits per heavy atom. The van der Waals surface area contributed by atoms with E-state index >= 15 is 0 Å². The van der Waals surface area contributed by atoms with Gasteiger partial charge in [-0.15, -0.1) is 16.4 Å². The maximum Gasteiger partial charge on any atom is 0.373 e. The van der Waals surface area contributed by atoms with Crippen LogP contribution in [0, 0.1) is 11.6 Å². The summed E-state index contributed by atoms with van der Waals surface area (Å²) >= 11 is 1.01. The first-order chi connectivity index (χ1) is 10.5. The first kappa shape index (κ1) is 14.1. The number of hydrogen-bond donors (Lipinski definition) is 2. The molecule has 0 spiro atoms. The fourth-order valence-corrected chi connectivity index (χ4v) is 2.48. The van der Waals surface area contributed by atoms with Crippen molar-refractivity contribution in [3.05, 3.63) is 51.5 Å². The van der Waals surface area contributed by atoms with Crippen molar-refractivity contribution >= 4 is 17.3 Å². The van der Waals surface area contributed by atoms with Gasteiger partial charge in [-0.2, -0.15) is 4.68 Å². The van der Waals surface area contributed by atoms with Crippen LogP contribution < -0.4 is 5.69 Å². The first-order valence-electron chi connectivity index (χ1n) is 5.79. The quantitative estimate of drug-likeness (QED) is 0.763. The summed E-state index contributed by atoms with van der Waals surface area (Å²) in [5.74, 6) is -3.89. The van der Waals surface area contributed by atoms with Gasteiger partial charge in [0.1, 0.15) is 0 Å². The SMILES string of the molecule is O=C(O)c1nn(-c2nc(-c3ccc(F)c(F)c3)cs2)c(=O)[nH]1. The Balaban J connectivity index is 2.02. The van der Waals surface area contributed by atoms with Crippen LogP contribution in [0.2, 0.25) is 0 Å². The van der Waals surface area contributed by atoms with Crippen molar-refractivity contribution in [2.24, 2.45) is 0 Å². The summed E-state index contributed by atoms with van der Waals surface area (Å²) in [7, 11) is 0. The minimum absolute atomic E-state index is 0.105. The third kappa shape index (κ3) is 2.39. The monoisotopic (exact) mass is 324 g/mol. The normalized spacial score (nSPS) is 10.8. The van der Waals surface area contributed by atoms with E-state index in [1.54, 1.807) is 0 Å². The average molecular weight is 324 g/mol. The molecule has 0 radical (unpaired) electrons. The van der Waals surface area contributed by atoms with Crippen LogP contribution in [0.5, 0.6) is 0 Å². The molecule has 0 aliphatic rings. The maximum atomic E-state index is 13.2. The Morgan fingerprint density at radius 1 is 1.32 bits per heavy atom. The van der Waals surface area contributed by atoms with Gasteiger partial charge in [-0.05, 0) is 18.2 Å². The van der Waals surface area contributed by atoms with E-state index in [1.807, 2.05) is 0 Å². The van der Waals surface area contributed by atoms with Gasteiger partial charge in [-0.1, -0.05) is 0 Å². The molecule has 1 aromatic carbocycles. The number of aromatic amines is 1. The van der Waals surface area contributed by atoms with Crippen LogP contribution in [0.3, 0.4) is 0 Å². The summed E-state index contributed by atoms with van der Waals surface area (Å²) in [5.41, 5.74) is -0.127. The number of thiazole rings is 1. The fraction of sp³-hybridized carbons (Fsp3) is 0. The van der Waals surface area contributed by atoms with Crippen LogP contribution in [0.4, 0.5) is 8.78 Å². The van der Waals surface area contributed by atoms with E-state index in [1.165, 1.54) is 11.4 Å². The van der Waals surface area contributed by atoms with Gasteiger partial charge in [0.15, 0.2) is 11.6 Å². The zero-order valence-corrected chi connectivity index (χ0v) is 11.4. The highest BCUT2D eigenvalue weighted by Gasteiger charge is 2.16. The molecule has 0 amide bonds. The Kier molecular flexibility index (Phi) is 3.29. The Hall–Kier alpha value is -2.88. The highest BCUT2D eigenvalue weighted by molar-refractivity contribution is 7.12. The van der Waals surface area contributed by atoms with Crippen LogP contribution >= 0.6 is 11.3 Å². The van der Waals surface area contributed by atoms with E-state index in [9.17, 15) is 18.4 Å². The van der Waals surface area contributed by atoms with Crippen molar-refractivity contribution in [3.63, 3.8) is 0 Å². The number of nitrogens with one attached hydrogen (secondary N) is 1. The van der Waals surface area contributed by atoms with Gasteiger partial charge in [-0.25, -0.2) is 23.4 Å². The van der Waals surface area contributed by atoms with E-state index in [2.05, 4.69) is 15.1 Å². The van der Waals surface area contributed by atoms with Crippen LogP contribution in [0.1, 0.15) is 10.6 Å². The molecule has 0 bridgehead atoms. The molecule has 3 rings (SSSR count). The predicted molar refractivity (Wildman–Crippen MR) is 72.2 cm³/mol. The van der Waals surface area contributed by atoms with Gasteiger partial charge in [0.2, 0.25) is 11.0 Å². The number of H-pyrrole nitrogens is 1. The smallest absolute Gasteiger partial charge is 0.373 e. The summed E-state index contributed by atoms with van der Waals surface area (Å²) in [5, 5.41) is 14.0. The lowest BCUT2D eigenvalue weighted by Gasteiger charge is -1.97. The lowest BCUT2D eigenvalue weighted by molar-refractivity contribution is 0.0683. The standard InChI is InChI=1S/C12H6F2N4O3S/c13-6-2-1-5(3-7(6)14)8-4-22-12(15-8)18-11(21)16-9(17-18)10(19)20/h1-4H,(H,19,20)(H,16,17,21). The van der Waals surface area contributed by atoms with Crippen molar-refractivity contribution in [2.75, 3.05) is 0 Å². The van der Waals surface area contributed by atoms with Crippen molar-refractivity contribution in [1.82, 2.24) is 19.7 Å². The highest BCUT2D eigenvalue weighted by Crippen LogP contribution is 2.24. The van der Waals surface area contributed by atoms with E-state index in [4.69, 9.17) is 5.11 Å². The summed E-state index contributed by atoms with van der Waals surface area (Å²) in [6.07, 6.45) is 0. The molecule has 2 aromatic heterocycles. The van der Waals surface area contributed by atoms with Crippen molar-refractivity contribution < 1.29 is 18.7 Å². The Labute approximate surface area is 124 Å². The van der Waals surface area contributed by atoms with Gasteiger partial charge in [0, 0.05) is 10.9 Å². The number of hydrogen-bond acceptors (Lipinski definition) is 5. The van der Waals surface area contributed by atoms with Crippen LogP contribution in [0.15, 0.2) is 28.4 Å². The number of halogens is 2. The average Bonchev–Trinajstić information content (AvgIpc) is 3.08. The zero-order chi connectivity index (χ0) is 15.9. The topological polar surface area (TPSA) is 101 Å². The van der Waals surface area contributed by atoms with E-state index < -0.39 is 29.1 Å². The third-order valence-electron chi connectivity index (χ3n) is 2.71. The number of benzene rings is 1. The number of carboxylic acids is 1. The molecular formula is C12H6F2N4O3S. The second kappa shape index (κ2) is 5.15. The number of carbonyl (C=O) groups is 1. The Morgan fingerprint density at radius 2 is 2.09 bits per heavy atom. The predicted octanol–water partition coefficient (Wildman–Crippen LogP) is 1.66. The zero-order valence-electron chi connectivity index (χ0n) is 10.6. The minimum Gasteiger partial charge on any atom is -0.475 e. The van der Waals surface area contributed by atoms with Crippen LogP contribution in [0.25, 0.3) is 16.4 Å². The molecule has 10 heteroatoms. The van der Waals surface area contributed by atoms with Gasteiger partial charge < -0.3 is 5.11 Å². The highest BCUT2D eigenvalue weighted by atomic mass is 32.1. The molecule has 0 unspecified atom stereocenters. The van der Waals surface area contributed by atoms with Crippen LogP contribution in [-0.4, -0.2) is 30.8 Å². The summed E-state index contributed by atoms with van der Waals surface area (Å²) in [6, 6.07) is 3.28. The van der Waals surface area contributed by atoms with E-state index in [0.29, 0.717) is 11.3 Å². The fourth-order valence-electron chi connectivity index (χ4n) is 1.70. The molecule has 0 fully saturated rings. The number of aromatic nitrogens is 4. The summed E-state index contributed by atoms with van der Waals surface area (Å²) in [4.78, 5) is 28.5. The van der Waals surface area contributed by atoms with Gasteiger partial charge in [0.25, 0.3) is 0 Å². The number of rotatable bonds is 3. The molecule has 0 aliphatic carbocycles. The molecule has 3 aromatic rings. The molecule has 2 heterocycles. The molecule has 0 aliphatic heterocycles. The van der Waals surface area contributed by atoms with Gasteiger partial charge in [-0.3, -0.25) is 4.98 Å². The van der Waals surface area contributed by atoms with Crippen molar-refractivity contribution in [2.45, 2.75) is 0 Å². The van der Waals surface area contributed by atoms with Crippen LogP contribution in [-0.2, 0) is 0 Å². The molecule has 112 valence electrons. The van der Waals surface area contributed by atoms with Crippen molar-refractivity contribution in [3.8, 4) is 16.4 Å². The molecule has 0 atom stereocenters. The van der Waals surface area contributed by atoms with E-state index in [0.717, 1.165) is 28.2 Å². The second-order valence-electron chi connectivity index (χ2n) is 4.14. The lowest BCUT2D eigenvalue weighted by Crippen LogP contribution is -2.15. The molecule has 0 saturated heterocycles. The molecule has 7 nitrogen and oxygen atoms in total. The van der Waals surface area contributed by atoms with Gasteiger partial charge >= 0.3 is 11.7 Å². The molecule has 2 N–H and O–H groups in total. The summed E-state index contributed by atoms with van der Waals surface area (Å²) < 4.78 is 26.9. The first-order valence-corrected chi connectivity index (χ1v) is 6.67. The van der Waals surface area contributed by atoms with E-state index in [-0.39, 0.29) is 5.13 Å². The Bertz CT molecular complexity index is 931. The maximum absolute atomic E-state index is 13.2. The largest absolute Gasteiger partial charge is 0.475 e. The molecular weight excluding hydrogens is 318 g/mol. The second-order valence-corrected chi connectivity index (χ2v) is 4.98. The molecule has 0 saturated carbocycles. The number of aromatic carboxylic acids is 1. The van der Waals surface area contributed by atoms with Crippen molar-refractivity contribution in [1.29, 1.82) is 0 Å². The number of carboxylic acid groups (broad SMARTS) is 1. The summed E-state index contributed by atoms with van der Waals surface area (Å²) in [6.45, 7) is 0.